The number of anilines is 1. The Hall–Kier alpha value is -2.80. The molecule has 0 saturated carbocycles. The number of aromatic nitrogens is 1. The van der Waals surface area contributed by atoms with Gasteiger partial charge in [-0.2, -0.15) is 0 Å². The predicted molar refractivity (Wildman–Crippen MR) is 99.4 cm³/mol. The van der Waals surface area contributed by atoms with Gasteiger partial charge in [0.25, 0.3) is 11.8 Å². The van der Waals surface area contributed by atoms with E-state index in [1.54, 1.807) is 12.1 Å². The van der Waals surface area contributed by atoms with Crippen LogP contribution in [0.3, 0.4) is 0 Å². The van der Waals surface area contributed by atoms with Gasteiger partial charge >= 0.3 is 0 Å². The van der Waals surface area contributed by atoms with Crippen molar-refractivity contribution in [1.29, 1.82) is 0 Å². The van der Waals surface area contributed by atoms with E-state index in [-0.39, 0.29) is 11.6 Å². The van der Waals surface area contributed by atoms with E-state index in [9.17, 15) is 9.59 Å². The highest BCUT2D eigenvalue weighted by Gasteiger charge is 2.16. The van der Waals surface area contributed by atoms with Gasteiger partial charge in [-0.3, -0.25) is 14.6 Å². The molecule has 0 aliphatic heterocycles. The molecule has 2 aromatic rings. The lowest BCUT2D eigenvalue weighted by atomic mass is 10.2. The summed E-state index contributed by atoms with van der Waals surface area (Å²) in [5.74, 6) is 0.0243. The number of rotatable bonds is 7. The summed E-state index contributed by atoms with van der Waals surface area (Å²) >= 11 is 6.06. The number of nitrogens with zero attached hydrogens (tertiary/aromatic N) is 1. The van der Waals surface area contributed by atoms with Crippen molar-refractivity contribution in [2.24, 2.45) is 0 Å². The number of carbonyl (C=O) groups excluding carboxylic acids is 2. The minimum atomic E-state index is -0.488. The van der Waals surface area contributed by atoms with E-state index in [1.807, 2.05) is 6.92 Å². The predicted octanol–water partition coefficient (Wildman–Crippen LogP) is 3.14. The largest absolute Gasteiger partial charge is 0.495 e. The molecular weight excluding hydrogens is 358 g/mol. The third-order valence-electron chi connectivity index (χ3n) is 3.51. The van der Waals surface area contributed by atoms with Gasteiger partial charge < -0.3 is 20.1 Å². The molecule has 138 valence electrons. The Bertz CT molecular complexity index is 811. The molecule has 1 heterocycles. The van der Waals surface area contributed by atoms with Gasteiger partial charge in [0.15, 0.2) is 0 Å². The van der Waals surface area contributed by atoms with Crippen molar-refractivity contribution in [3.05, 3.63) is 46.7 Å². The molecule has 8 heteroatoms. The number of hydrogen-bond acceptors (Lipinski definition) is 5. The molecule has 7 nitrogen and oxygen atoms in total. The zero-order valence-electron chi connectivity index (χ0n) is 14.8. The lowest BCUT2D eigenvalue weighted by molar-refractivity contribution is 0.0953. The SMILES string of the molecule is CCCNC(=O)c1ccnc(C(=O)Nc2cc(OC)c(Cl)cc2OC)c1. The summed E-state index contributed by atoms with van der Waals surface area (Å²) in [5, 5.41) is 5.80. The van der Waals surface area contributed by atoms with E-state index >= 15 is 0 Å². The molecule has 1 aromatic heterocycles. The molecule has 2 amide bonds. The van der Waals surface area contributed by atoms with Gasteiger partial charge in [-0.05, 0) is 18.6 Å². The zero-order valence-corrected chi connectivity index (χ0v) is 15.5. The quantitative estimate of drug-likeness (QED) is 0.773. The third-order valence-corrected chi connectivity index (χ3v) is 3.81. The molecule has 2 rings (SSSR count). The Balaban J connectivity index is 2.24. The fraction of sp³-hybridized carbons (Fsp3) is 0.278. The molecule has 1 aromatic carbocycles. The maximum Gasteiger partial charge on any atom is 0.274 e. The Labute approximate surface area is 156 Å². The van der Waals surface area contributed by atoms with Crippen LogP contribution in [0.15, 0.2) is 30.5 Å². The highest BCUT2D eigenvalue weighted by Crippen LogP contribution is 2.36. The number of pyridine rings is 1. The molecule has 26 heavy (non-hydrogen) atoms. The van der Waals surface area contributed by atoms with Gasteiger partial charge in [0.2, 0.25) is 0 Å². The number of hydrogen-bond donors (Lipinski definition) is 2. The summed E-state index contributed by atoms with van der Waals surface area (Å²) in [7, 11) is 2.93. The molecule has 0 bridgehead atoms. The molecule has 0 fully saturated rings. The molecule has 0 unspecified atom stereocenters. The summed E-state index contributed by atoms with van der Waals surface area (Å²) in [4.78, 5) is 28.6. The third kappa shape index (κ3) is 4.64. The number of ether oxygens (including phenoxy) is 2. The number of carbonyl (C=O) groups is 2. The van der Waals surface area contributed by atoms with Crippen LogP contribution in [-0.2, 0) is 0 Å². The van der Waals surface area contributed by atoms with Gasteiger partial charge in [-0.15, -0.1) is 0 Å². The van der Waals surface area contributed by atoms with Crippen molar-refractivity contribution in [3.8, 4) is 11.5 Å². The van der Waals surface area contributed by atoms with E-state index in [2.05, 4.69) is 15.6 Å². The Kier molecular flexibility index (Phi) is 6.80. The maximum absolute atomic E-state index is 12.5. The molecular formula is C18H20ClN3O4. The van der Waals surface area contributed by atoms with Gasteiger partial charge in [0, 0.05) is 30.4 Å². The molecule has 0 aliphatic rings. The number of amides is 2. The van der Waals surface area contributed by atoms with E-state index in [4.69, 9.17) is 21.1 Å². The normalized spacial score (nSPS) is 10.2. The molecule has 0 atom stereocenters. The van der Waals surface area contributed by atoms with E-state index in [1.165, 1.54) is 32.5 Å². The van der Waals surface area contributed by atoms with Crippen molar-refractivity contribution in [3.63, 3.8) is 0 Å². The first kappa shape index (κ1) is 19.5. The lowest BCUT2D eigenvalue weighted by Crippen LogP contribution is -2.24. The van der Waals surface area contributed by atoms with Crippen molar-refractivity contribution >= 4 is 29.1 Å². The topological polar surface area (TPSA) is 89.6 Å². The summed E-state index contributed by atoms with van der Waals surface area (Å²) in [6.07, 6.45) is 2.23. The first-order valence-electron chi connectivity index (χ1n) is 7.97. The smallest absolute Gasteiger partial charge is 0.274 e. The van der Waals surface area contributed by atoms with Crippen LogP contribution < -0.4 is 20.1 Å². The number of halogens is 1. The number of nitrogens with one attached hydrogen (secondary N) is 2. The molecule has 0 saturated heterocycles. The fourth-order valence-electron chi connectivity index (χ4n) is 2.18. The van der Waals surface area contributed by atoms with Crippen molar-refractivity contribution in [2.45, 2.75) is 13.3 Å². The van der Waals surface area contributed by atoms with Crippen LogP contribution >= 0.6 is 11.6 Å². The zero-order chi connectivity index (χ0) is 19.1. The minimum Gasteiger partial charge on any atom is -0.495 e. The number of methoxy groups -OCH3 is 2. The second-order valence-electron chi connectivity index (χ2n) is 5.33. The van der Waals surface area contributed by atoms with Gasteiger partial charge in [-0.25, -0.2) is 0 Å². The minimum absolute atomic E-state index is 0.102. The van der Waals surface area contributed by atoms with Crippen LogP contribution in [0, 0.1) is 0 Å². The maximum atomic E-state index is 12.5. The van der Waals surface area contributed by atoms with Crippen LogP contribution in [-0.4, -0.2) is 37.6 Å². The van der Waals surface area contributed by atoms with Crippen molar-refractivity contribution in [2.75, 3.05) is 26.1 Å². The average molecular weight is 378 g/mol. The highest BCUT2D eigenvalue weighted by atomic mass is 35.5. The molecule has 0 aliphatic carbocycles. The second kappa shape index (κ2) is 9.05. The first-order chi connectivity index (χ1) is 12.5. The summed E-state index contributed by atoms with van der Waals surface area (Å²) in [6, 6.07) is 6.07. The van der Waals surface area contributed by atoms with Crippen molar-refractivity contribution < 1.29 is 19.1 Å². The summed E-state index contributed by atoms with van der Waals surface area (Å²) in [5.41, 5.74) is 0.839. The van der Waals surface area contributed by atoms with Crippen LogP contribution in [0.25, 0.3) is 0 Å². The van der Waals surface area contributed by atoms with Gasteiger partial charge in [0.05, 0.1) is 24.9 Å². The lowest BCUT2D eigenvalue weighted by Gasteiger charge is -2.13. The number of benzene rings is 1. The average Bonchev–Trinajstić information content (AvgIpc) is 2.66. The van der Waals surface area contributed by atoms with Crippen LogP contribution in [0.5, 0.6) is 11.5 Å². The van der Waals surface area contributed by atoms with Crippen LogP contribution in [0.4, 0.5) is 5.69 Å². The second-order valence-corrected chi connectivity index (χ2v) is 5.73. The van der Waals surface area contributed by atoms with Crippen molar-refractivity contribution in [1.82, 2.24) is 10.3 Å². The first-order valence-corrected chi connectivity index (χ1v) is 8.35. The van der Waals surface area contributed by atoms with Crippen LogP contribution in [0.2, 0.25) is 5.02 Å². The summed E-state index contributed by atoms with van der Waals surface area (Å²) in [6.45, 7) is 2.52. The summed E-state index contributed by atoms with van der Waals surface area (Å²) < 4.78 is 10.4. The van der Waals surface area contributed by atoms with Crippen LogP contribution in [0.1, 0.15) is 34.2 Å². The van der Waals surface area contributed by atoms with E-state index in [0.717, 1.165) is 6.42 Å². The standard InChI is InChI=1S/C18H20ClN3O4/c1-4-6-21-17(23)11-5-7-20-14(8-11)18(24)22-13-10-15(25-2)12(19)9-16(13)26-3/h5,7-10H,4,6H2,1-3H3,(H,21,23)(H,22,24). The fourth-order valence-corrected chi connectivity index (χ4v) is 2.41. The van der Waals surface area contributed by atoms with E-state index < -0.39 is 5.91 Å². The Morgan fingerprint density at radius 2 is 1.85 bits per heavy atom. The van der Waals surface area contributed by atoms with E-state index in [0.29, 0.717) is 34.3 Å². The monoisotopic (exact) mass is 377 g/mol. The molecule has 0 spiro atoms. The van der Waals surface area contributed by atoms with Gasteiger partial charge in [0.1, 0.15) is 17.2 Å². The van der Waals surface area contributed by atoms with Gasteiger partial charge in [-0.1, -0.05) is 18.5 Å². The molecule has 2 N–H and O–H groups in total. The Morgan fingerprint density at radius 3 is 2.50 bits per heavy atom. The molecule has 0 radical (unpaired) electrons. The Morgan fingerprint density at radius 1 is 1.12 bits per heavy atom. The highest BCUT2D eigenvalue weighted by molar-refractivity contribution is 6.32.